The van der Waals surface area contributed by atoms with Gasteiger partial charge in [-0.2, -0.15) is 10.2 Å². The van der Waals surface area contributed by atoms with Crippen LogP contribution in [0, 0.1) is 6.92 Å². The number of aryl methyl sites for hydroxylation is 3. The summed E-state index contributed by atoms with van der Waals surface area (Å²) in [5.74, 6) is 0.887. The van der Waals surface area contributed by atoms with Gasteiger partial charge in [0.15, 0.2) is 0 Å². The van der Waals surface area contributed by atoms with Crippen LogP contribution in [0.25, 0.3) is 0 Å². The predicted octanol–water partition coefficient (Wildman–Crippen LogP) is 1.80. The fourth-order valence-electron chi connectivity index (χ4n) is 4.16. The van der Waals surface area contributed by atoms with Crippen LogP contribution in [-0.2, 0) is 19.4 Å². The van der Waals surface area contributed by atoms with Crippen LogP contribution in [0.4, 0.5) is 5.82 Å². The summed E-state index contributed by atoms with van der Waals surface area (Å²) in [4.78, 5) is 14.5. The highest BCUT2D eigenvalue weighted by Crippen LogP contribution is 2.22. The molecular weight excluding hydrogens is 340 g/mol. The van der Waals surface area contributed by atoms with Crippen molar-refractivity contribution in [2.24, 2.45) is 0 Å². The maximum absolute atomic E-state index is 12.0. The topological polar surface area (TPSA) is 75.9 Å². The summed E-state index contributed by atoms with van der Waals surface area (Å²) in [6.45, 7) is 5.34. The van der Waals surface area contributed by atoms with E-state index in [4.69, 9.17) is 0 Å². The molecule has 4 rings (SSSR count). The minimum Gasteiger partial charge on any atom is -0.367 e. The van der Waals surface area contributed by atoms with E-state index in [2.05, 4.69) is 31.6 Å². The molecule has 1 aliphatic heterocycles. The fraction of sp³-hybridized carbons (Fsp3) is 0.600. The largest absolute Gasteiger partial charge is 0.367 e. The van der Waals surface area contributed by atoms with Crippen molar-refractivity contribution < 1.29 is 0 Å². The van der Waals surface area contributed by atoms with Gasteiger partial charge in [0, 0.05) is 25.2 Å². The van der Waals surface area contributed by atoms with Crippen LogP contribution in [-0.4, -0.2) is 50.6 Å². The van der Waals surface area contributed by atoms with Crippen molar-refractivity contribution in [3.8, 4) is 0 Å². The zero-order valence-electron chi connectivity index (χ0n) is 16.0. The van der Waals surface area contributed by atoms with Crippen molar-refractivity contribution in [2.45, 2.75) is 58.0 Å². The summed E-state index contributed by atoms with van der Waals surface area (Å²) in [6.07, 6.45) is 7.00. The molecule has 1 N–H and O–H groups in total. The number of nitrogens with one attached hydrogen (secondary N) is 1. The fourth-order valence-corrected chi connectivity index (χ4v) is 4.16. The summed E-state index contributed by atoms with van der Waals surface area (Å²) in [5.41, 5.74) is 3.36. The first kappa shape index (κ1) is 18.1. The Hall–Kier alpha value is -2.28. The van der Waals surface area contributed by atoms with E-state index in [0.29, 0.717) is 12.6 Å². The molecule has 1 saturated heterocycles. The van der Waals surface area contributed by atoms with E-state index < -0.39 is 0 Å². The number of anilines is 1. The van der Waals surface area contributed by atoms with Crippen LogP contribution >= 0.6 is 0 Å². The van der Waals surface area contributed by atoms with Gasteiger partial charge in [-0.1, -0.05) is 6.42 Å². The highest BCUT2D eigenvalue weighted by Gasteiger charge is 2.22. The van der Waals surface area contributed by atoms with Gasteiger partial charge in [0.05, 0.1) is 17.9 Å². The lowest BCUT2D eigenvalue weighted by Crippen LogP contribution is -2.45. The Bertz CT molecular complexity index is 849. The molecule has 7 heteroatoms. The molecule has 0 bridgehead atoms. The molecule has 144 valence electrons. The van der Waals surface area contributed by atoms with Gasteiger partial charge >= 0.3 is 0 Å². The Morgan fingerprint density at radius 2 is 2.07 bits per heavy atom. The molecule has 0 amide bonds. The normalized spacial score (nSPS) is 19.8. The molecular formula is C20H28N6O. The van der Waals surface area contributed by atoms with Crippen LogP contribution in [0.2, 0.25) is 0 Å². The molecule has 0 spiro atoms. The zero-order chi connectivity index (χ0) is 18.6. The molecule has 3 heterocycles. The van der Waals surface area contributed by atoms with Gasteiger partial charge in [-0.3, -0.25) is 9.69 Å². The molecule has 27 heavy (non-hydrogen) atoms. The Morgan fingerprint density at radius 1 is 1.15 bits per heavy atom. The van der Waals surface area contributed by atoms with Gasteiger partial charge in [-0.15, -0.1) is 5.10 Å². The van der Waals surface area contributed by atoms with E-state index in [-0.39, 0.29) is 5.56 Å². The van der Waals surface area contributed by atoms with Crippen LogP contribution in [0.15, 0.2) is 23.0 Å². The summed E-state index contributed by atoms with van der Waals surface area (Å²) in [5, 5.41) is 16.5. The Morgan fingerprint density at radius 3 is 3.00 bits per heavy atom. The molecule has 0 radical (unpaired) electrons. The van der Waals surface area contributed by atoms with Gasteiger partial charge in [-0.25, -0.2) is 4.68 Å². The number of aromatic nitrogens is 4. The first-order valence-electron chi connectivity index (χ1n) is 10.1. The van der Waals surface area contributed by atoms with E-state index in [1.165, 1.54) is 31.2 Å². The summed E-state index contributed by atoms with van der Waals surface area (Å²) in [7, 11) is 0. The molecule has 1 unspecified atom stereocenters. The molecule has 1 atom stereocenters. The van der Waals surface area contributed by atoms with Crippen molar-refractivity contribution in [2.75, 3.05) is 25.0 Å². The average Bonchev–Trinajstić information content (AvgIpc) is 3.15. The van der Waals surface area contributed by atoms with E-state index >= 15 is 0 Å². The van der Waals surface area contributed by atoms with Crippen LogP contribution in [0.5, 0.6) is 0 Å². The lowest BCUT2D eigenvalue weighted by Gasteiger charge is -2.35. The Balaban J connectivity index is 1.36. The van der Waals surface area contributed by atoms with E-state index in [0.717, 1.165) is 49.7 Å². The highest BCUT2D eigenvalue weighted by atomic mass is 16.1. The van der Waals surface area contributed by atoms with Gasteiger partial charge in [0.1, 0.15) is 5.82 Å². The third-order valence-corrected chi connectivity index (χ3v) is 5.69. The van der Waals surface area contributed by atoms with Crippen LogP contribution < -0.4 is 10.9 Å². The quantitative estimate of drug-likeness (QED) is 0.838. The van der Waals surface area contributed by atoms with Crippen LogP contribution in [0.1, 0.15) is 42.6 Å². The molecule has 0 saturated carbocycles. The SMILES string of the molecule is Cc1ccc(=O)n(CCN2CCCCC2CNc2cc3c(nn2)CCC3)n1. The third kappa shape index (κ3) is 4.35. The molecule has 0 aromatic carbocycles. The molecule has 2 aromatic rings. The average molecular weight is 368 g/mol. The Labute approximate surface area is 159 Å². The summed E-state index contributed by atoms with van der Waals surface area (Å²) < 4.78 is 1.58. The maximum atomic E-state index is 12.0. The van der Waals surface area contributed by atoms with Gasteiger partial charge < -0.3 is 5.32 Å². The lowest BCUT2D eigenvalue weighted by molar-refractivity contribution is 0.148. The lowest BCUT2D eigenvalue weighted by atomic mass is 10.0. The van der Waals surface area contributed by atoms with E-state index in [1.54, 1.807) is 16.8 Å². The summed E-state index contributed by atoms with van der Waals surface area (Å²) >= 11 is 0. The smallest absolute Gasteiger partial charge is 0.266 e. The monoisotopic (exact) mass is 368 g/mol. The Kier molecular flexibility index (Phi) is 5.48. The number of piperidine rings is 1. The molecule has 1 fully saturated rings. The van der Waals surface area contributed by atoms with Gasteiger partial charge in [0.25, 0.3) is 5.56 Å². The van der Waals surface area contributed by atoms with Gasteiger partial charge in [-0.05, 0) is 63.3 Å². The maximum Gasteiger partial charge on any atom is 0.266 e. The molecule has 2 aromatic heterocycles. The van der Waals surface area contributed by atoms with Crippen molar-refractivity contribution >= 4 is 5.82 Å². The number of likely N-dealkylation sites (tertiary alicyclic amines) is 1. The minimum atomic E-state index is -0.0271. The number of hydrogen-bond acceptors (Lipinski definition) is 6. The third-order valence-electron chi connectivity index (χ3n) is 5.69. The van der Waals surface area contributed by atoms with Crippen molar-refractivity contribution in [3.05, 3.63) is 45.5 Å². The van der Waals surface area contributed by atoms with Gasteiger partial charge in [0.2, 0.25) is 0 Å². The standard InChI is InChI=1S/C20H28N6O/c1-15-8-9-20(27)26(24-15)12-11-25-10-3-2-6-17(25)14-21-19-13-16-5-4-7-18(16)22-23-19/h8-9,13,17H,2-7,10-12,14H2,1H3,(H,21,23). The van der Waals surface area contributed by atoms with E-state index in [1.807, 2.05) is 6.92 Å². The minimum absolute atomic E-state index is 0.0271. The predicted molar refractivity (Wildman–Crippen MR) is 105 cm³/mol. The van der Waals surface area contributed by atoms with Crippen molar-refractivity contribution in [1.82, 2.24) is 24.9 Å². The number of nitrogens with zero attached hydrogens (tertiary/aromatic N) is 5. The highest BCUT2D eigenvalue weighted by molar-refractivity contribution is 5.40. The van der Waals surface area contributed by atoms with E-state index in [9.17, 15) is 4.79 Å². The van der Waals surface area contributed by atoms with Crippen LogP contribution in [0.3, 0.4) is 0 Å². The molecule has 1 aliphatic carbocycles. The first-order chi connectivity index (χ1) is 13.2. The molecule has 7 nitrogen and oxygen atoms in total. The number of rotatable bonds is 6. The number of fused-ring (bicyclic) bond motifs is 1. The summed E-state index contributed by atoms with van der Waals surface area (Å²) in [6, 6.07) is 5.99. The van der Waals surface area contributed by atoms with Crippen molar-refractivity contribution in [1.29, 1.82) is 0 Å². The first-order valence-corrected chi connectivity index (χ1v) is 10.1. The second-order valence-electron chi connectivity index (χ2n) is 7.66. The zero-order valence-corrected chi connectivity index (χ0v) is 16.0. The molecule has 2 aliphatic rings. The second kappa shape index (κ2) is 8.17. The van der Waals surface area contributed by atoms with Crippen molar-refractivity contribution in [3.63, 3.8) is 0 Å². The number of hydrogen-bond donors (Lipinski definition) is 1. The second-order valence-corrected chi connectivity index (χ2v) is 7.66.